The van der Waals surface area contributed by atoms with Crippen LogP contribution in [0, 0.1) is 6.07 Å². The van der Waals surface area contributed by atoms with Gasteiger partial charge in [-0.1, -0.05) is 12.1 Å². The first-order chi connectivity index (χ1) is 4.97. The molecule has 2 heteroatoms. The SMILES string of the molecule is [Cl-].[Zn+2].[c-]1cccc2ccccc12. The van der Waals surface area contributed by atoms with Gasteiger partial charge in [0.2, 0.25) is 0 Å². The number of fused-ring (bicyclic) bond motifs is 1. The maximum absolute atomic E-state index is 3.15. The van der Waals surface area contributed by atoms with E-state index in [0.29, 0.717) is 0 Å². The monoisotopic (exact) mass is 226 g/mol. The fourth-order valence-electron chi connectivity index (χ4n) is 1.06. The van der Waals surface area contributed by atoms with E-state index in [1.165, 1.54) is 10.8 Å². The van der Waals surface area contributed by atoms with Gasteiger partial charge in [0.15, 0.2) is 0 Å². The Balaban J connectivity index is 0.000000605. The van der Waals surface area contributed by atoms with Crippen molar-refractivity contribution in [2.24, 2.45) is 0 Å². The molecule has 0 amide bonds. The van der Waals surface area contributed by atoms with E-state index in [0.717, 1.165) is 0 Å². The first kappa shape index (κ1) is 11.6. The van der Waals surface area contributed by atoms with Crippen LogP contribution in [0.3, 0.4) is 0 Å². The van der Waals surface area contributed by atoms with E-state index in [1.54, 1.807) is 0 Å². The summed E-state index contributed by atoms with van der Waals surface area (Å²) in [6, 6.07) is 17.4. The zero-order valence-corrected chi connectivity index (χ0v) is 10.3. The zero-order chi connectivity index (χ0) is 6.81. The number of hydrogen-bond acceptors (Lipinski definition) is 0. The molecule has 0 aromatic heterocycles. The van der Waals surface area contributed by atoms with Gasteiger partial charge in [0.05, 0.1) is 0 Å². The summed E-state index contributed by atoms with van der Waals surface area (Å²) in [4.78, 5) is 0. The molecule has 2 aromatic carbocycles. The summed E-state index contributed by atoms with van der Waals surface area (Å²) in [5.41, 5.74) is 0. The quantitative estimate of drug-likeness (QED) is 0.426. The molecule has 2 rings (SSSR count). The minimum Gasteiger partial charge on any atom is -1.00 e. The average Bonchev–Trinajstić information content (AvgIpc) is 2.05. The van der Waals surface area contributed by atoms with Gasteiger partial charge < -0.3 is 12.4 Å². The largest absolute Gasteiger partial charge is 2.00 e. The Hall–Kier alpha value is -0.387. The Morgan fingerprint density at radius 3 is 2.33 bits per heavy atom. The smallest absolute Gasteiger partial charge is 1.00 e. The van der Waals surface area contributed by atoms with E-state index in [-0.39, 0.29) is 31.9 Å². The van der Waals surface area contributed by atoms with Gasteiger partial charge in [-0.2, -0.15) is 0 Å². The molecule has 56 valence electrons. The van der Waals surface area contributed by atoms with E-state index in [1.807, 2.05) is 24.3 Å². The van der Waals surface area contributed by atoms with Gasteiger partial charge in [-0.3, -0.25) is 0 Å². The predicted octanol–water partition coefficient (Wildman–Crippen LogP) is -0.359. The van der Waals surface area contributed by atoms with E-state index >= 15 is 0 Å². The van der Waals surface area contributed by atoms with Crippen LogP contribution in [-0.4, -0.2) is 0 Å². The minimum absolute atomic E-state index is 0. The molecule has 0 saturated carbocycles. The van der Waals surface area contributed by atoms with E-state index in [4.69, 9.17) is 0 Å². The summed E-state index contributed by atoms with van der Waals surface area (Å²) in [6.45, 7) is 0. The van der Waals surface area contributed by atoms with Gasteiger partial charge in [-0.15, -0.1) is 47.2 Å². The van der Waals surface area contributed by atoms with Crippen LogP contribution in [0.4, 0.5) is 0 Å². The van der Waals surface area contributed by atoms with Crippen molar-refractivity contribution in [3.8, 4) is 0 Å². The second kappa shape index (κ2) is 5.29. The fourth-order valence-corrected chi connectivity index (χ4v) is 1.06. The van der Waals surface area contributed by atoms with Crippen molar-refractivity contribution >= 4 is 10.8 Å². The molecule has 0 aliphatic rings. The van der Waals surface area contributed by atoms with Crippen molar-refractivity contribution in [2.75, 3.05) is 0 Å². The molecule has 0 spiro atoms. The summed E-state index contributed by atoms with van der Waals surface area (Å²) < 4.78 is 0. The molecule has 2 aromatic rings. The number of halogens is 1. The van der Waals surface area contributed by atoms with Crippen LogP contribution in [0.5, 0.6) is 0 Å². The Bertz CT molecular complexity index is 281. The maximum atomic E-state index is 3.15. The fraction of sp³-hybridized carbons (Fsp3) is 0. The maximum Gasteiger partial charge on any atom is 2.00 e. The molecule has 0 heterocycles. The summed E-state index contributed by atoms with van der Waals surface area (Å²) in [5, 5.41) is 2.44. The molecule has 0 radical (unpaired) electrons. The normalized spacial score (nSPS) is 8.33. The topological polar surface area (TPSA) is 0 Å². The van der Waals surface area contributed by atoms with Gasteiger partial charge in [0.25, 0.3) is 0 Å². The Labute approximate surface area is 91.1 Å². The van der Waals surface area contributed by atoms with Crippen LogP contribution in [0.25, 0.3) is 10.8 Å². The third-order valence-corrected chi connectivity index (χ3v) is 1.57. The van der Waals surface area contributed by atoms with Gasteiger partial charge in [0, 0.05) is 0 Å². The standard InChI is InChI=1S/C10H7.ClH.Zn/c1-2-6-10-8-4-3-7-9(10)5-1;;/h1-7H;1H;/q-1;;+2/p-1. The second-order valence-corrected chi connectivity index (χ2v) is 2.26. The van der Waals surface area contributed by atoms with Crippen LogP contribution in [0.1, 0.15) is 0 Å². The Morgan fingerprint density at radius 2 is 1.58 bits per heavy atom. The molecule has 0 saturated heterocycles. The first-order valence-corrected chi connectivity index (χ1v) is 3.32. The Morgan fingerprint density at radius 1 is 0.917 bits per heavy atom. The molecule has 0 aliphatic carbocycles. The molecule has 0 N–H and O–H groups in total. The van der Waals surface area contributed by atoms with Crippen LogP contribution in [-0.2, 0) is 19.5 Å². The summed E-state index contributed by atoms with van der Waals surface area (Å²) in [5.74, 6) is 0. The third-order valence-electron chi connectivity index (χ3n) is 1.57. The molecule has 0 nitrogen and oxygen atoms in total. The molecule has 0 fully saturated rings. The van der Waals surface area contributed by atoms with Gasteiger partial charge in [0.1, 0.15) is 0 Å². The summed E-state index contributed by atoms with van der Waals surface area (Å²) >= 11 is 0. The predicted molar refractivity (Wildman–Crippen MR) is 42.8 cm³/mol. The first-order valence-electron chi connectivity index (χ1n) is 3.32. The van der Waals surface area contributed by atoms with Crippen LogP contribution in [0.2, 0.25) is 0 Å². The second-order valence-electron chi connectivity index (χ2n) is 2.26. The minimum atomic E-state index is 0. The molecular formula is C10H7ClZn. The van der Waals surface area contributed by atoms with Crippen molar-refractivity contribution in [2.45, 2.75) is 0 Å². The molecule has 0 bridgehead atoms. The van der Waals surface area contributed by atoms with Crippen molar-refractivity contribution < 1.29 is 31.9 Å². The van der Waals surface area contributed by atoms with Gasteiger partial charge in [-0.05, 0) is 0 Å². The molecule has 0 atom stereocenters. The third kappa shape index (κ3) is 2.30. The van der Waals surface area contributed by atoms with Crippen LogP contribution < -0.4 is 12.4 Å². The number of benzene rings is 2. The average molecular weight is 228 g/mol. The number of hydrogen-bond donors (Lipinski definition) is 0. The summed E-state index contributed by atoms with van der Waals surface area (Å²) in [6.07, 6.45) is 0. The molecule has 0 aliphatic heterocycles. The van der Waals surface area contributed by atoms with E-state index in [2.05, 4.69) is 24.3 Å². The molecule has 0 unspecified atom stereocenters. The molecule has 12 heavy (non-hydrogen) atoms. The van der Waals surface area contributed by atoms with E-state index in [9.17, 15) is 0 Å². The van der Waals surface area contributed by atoms with Crippen molar-refractivity contribution in [1.82, 2.24) is 0 Å². The number of rotatable bonds is 0. The Kier molecular flexibility index (Phi) is 5.12. The molecular weight excluding hydrogens is 221 g/mol. The van der Waals surface area contributed by atoms with Gasteiger partial charge in [-0.25, -0.2) is 0 Å². The van der Waals surface area contributed by atoms with Crippen LogP contribution >= 0.6 is 0 Å². The van der Waals surface area contributed by atoms with Crippen molar-refractivity contribution in [3.63, 3.8) is 0 Å². The van der Waals surface area contributed by atoms with E-state index < -0.39 is 0 Å². The van der Waals surface area contributed by atoms with Crippen molar-refractivity contribution in [1.29, 1.82) is 0 Å². The summed E-state index contributed by atoms with van der Waals surface area (Å²) in [7, 11) is 0. The zero-order valence-electron chi connectivity index (χ0n) is 6.63. The van der Waals surface area contributed by atoms with Crippen molar-refractivity contribution in [3.05, 3.63) is 48.5 Å². The van der Waals surface area contributed by atoms with Gasteiger partial charge >= 0.3 is 19.5 Å². The van der Waals surface area contributed by atoms with Crippen LogP contribution in [0.15, 0.2) is 42.5 Å².